The molecule has 0 aromatic heterocycles. The summed E-state index contributed by atoms with van der Waals surface area (Å²) < 4.78 is 0. The normalized spacial score (nSPS) is 35.6. The summed E-state index contributed by atoms with van der Waals surface area (Å²) in [5.41, 5.74) is 12.6. The molecule has 0 bridgehead atoms. The van der Waals surface area contributed by atoms with Crippen molar-refractivity contribution in [2.45, 2.75) is 64.1 Å². The van der Waals surface area contributed by atoms with Gasteiger partial charge in [-0.3, -0.25) is 4.90 Å². The van der Waals surface area contributed by atoms with E-state index < -0.39 is 0 Å². The van der Waals surface area contributed by atoms with Crippen LogP contribution in [0.25, 0.3) is 0 Å². The van der Waals surface area contributed by atoms with E-state index in [4.69, 9.17) is 11.5 Å². The van der Waals surface area contributed by atoms with Crippen LogP contribution in [-0.4, -0.2) is 30.2 Å². The lowest BCUT2D eigenvalue weighted by Gasteiger charge is -2.49. The standard InChI is InChI=1S/C13H29N3/c1-4-6-7-11-10-12(14)8-9-13(11,15)16(3)5-2/h11-12H,4-10,14-15H2,1-3H3. The number of nitrogens with zero attached hydrogens (tertiary/aromatic N) is 1. The molecule has 3 atom stereocenters. The van der Waals surface area contributed by atoms with Crippen LogP contribution in [0, 0.1) is 5.92 Å². The first-order valence-corrected chi connectivity index (χ1v) is 6.80. The molecule has 1 rings (SSSR count). The molecule has 0 radical (unpaired) electrons. The Hall–Kier alpha value is -0.120. The topological polar surface area (TPSA) is 55.3 Å². The molecule has 3 unspecified atom stereocenters. The quantitative estimate of drug-likeness (QED) is 0.705. The van der Waals surface area contributed by atoms with E-state index >= 15 is 0 Å². The zero-order valence-corrected chi connectivity index (χ0v) is 11.2. The molecule has 3 heteroatoms. The average molecular weight is 227 g/mol. The van der Waals surface area contributed by atoms with Crippen LogP contribution in [-0.2, 0) is 0 Å². The van der Waals surface area contributed by atoms with Crippen LogP contribution >= 0.6 is 0 Å². The van der Waals surface area contributed by atoms with E-state index in [0.29, 0.717) is 12.0 Å². The van der Waals surface area contributed by atoms with Gasteiger partial charge in [0, 0.05) is 6.04 Å². The van der Waals surface area contributed by atoms with Gasteiger partial charge >= 0.3 is 0 Å². The zero-order chi connectivity index (χ0) is 12.2. The fourth-order valence-corrected chi connectivity index (χ4v) is 2.92. The highest BCUT2D eigenvalue weighted by Crippen LogP contribution is 2.36. The molecule has 3 nitrogen and oxygen atoms in total. The van der Waals surface area contributed by atoms with E-state index in [2.05, 4.69) is 25.8 Å². The Bertz CT molecular complexity index is 207. The highest BCUT2D eigenvalue weighted by molar-refractivity contribution is 4.96. The van der Waals surface area contributed by atoms with Crippen molar-refractivity contribution >= 4 is 0 Å². The molecule has 1 saturated carbocycles. The zero-order valence-electron chi connectivity index (χ0n) is 11.2. The van der Waals surface area contributed by atoms with Gasteiger partial charge < -0.3 is 11.5 Å². The molecule has 0 amide bonds. The summed E-state index contributed by atoms with van der Waals surface area (Å²) in [5, 5.41) is 0. The molecule has 1 aliphatic rings. The van der Waals surface area contributed by atoms with Crippen molar-refractivity contribution in [2.75, 3.05) is 13.6 Å². The molecule has 0 aliphatic heterocycles. The maximum Gasteiger partial charge on any atom is 0.0714 e. The molecule has 0 heterocycles. The highest BCUT2D eigenvalue weighted by atomic mass is 15.3. The first-order valence-electron chi connectivity index (χ1n) is 6.80. The van der Waals surface area contributed by atoms with E-state index in [1.54, 1.807) is 0 Å². The second kappa shape index (κ2) is 5.99. The van der Waals surface area contributed by atoms with E-state index in [-0.39, 0.29) is 5.66 Å². The second-order valence-corrected chi connectivity index (χ2v) is 5.38. The number of hydrogen-bond donors (Lipinski definition) is 2. The minimum absolute atomic E-state index is 0.111. The van der Waals surface area contributed by atoms with Crippen molar-refractivity contribution in [3.63, 3.8) is 0 Å². The lowest BCUT2D eigenvalue weighted by molar-refractivity contribution is 0.0157. The Balaban J connectivity index is 2.70. The van der Waals surface area contributed by atoms with Crippen molar-refractivity contribution in [1.82, 2.24) is 4.90 Å². The van der Waals surface area contributed by atoms with E-state index in [1.165, 1.54) is 19.3 Å². The van der Waals surface area contributed by atoms with Gasteiger partial charge in [0.25, 0.3) is 0 Å². The lowest BCUT2D eigenvalue weighted by Crippen LogP contribution is -2.62. The van der Waals surface area contributed by atoms with Gasteiger partial charge in [0.15, 0.2) is 0 Å². The number of rotatable bonds is 5. The van der Waals surface area contributed by atoms with Crippen LogP contribution in [0.4, 0.5) is 0 Å². The van der Waals surface area contributed by atoms with Gasteiger partial charge in [0.05, 0.1) is 5.66 Å². The van der Waals surface area contributed by atoms with Crippen LogP contribution < -0.4 is 11.5 Å². The van der Waals surface area contributed by atoms with Gasteiger partial charge in [-0.1, -0.05) is 26.7 Å². The molecule has 0 spiro atoms. The van der Waals surface area contributed by atoms with E-state index in [1.807, 2.05) is 0 Å². The molecule has 16 heavy (non-hydrogen) atoms. The van der Waals surface area contributed by atoms with Crippen LogP contribution in [0.15, 0.2) is 0 Å². The van der Waals surface area contributed by atoms with Gasteiger partial charge in [0.2, 0.25) is 0 Å². The smallest absolute Gasteiger partial charge is 0.0714 e. The van der Waals surface area contributed by atoms with Crippen molar-refractivity contribution in [3.05, 3.63) is 0 Å². The molecule has 0 saturated heterocycles. The predicted octanol–water partition coefficient (Wildman–Crippen LogP) is 1.91. The summed E-state index contributed by atoms with van der Waals surface area (Å²) in [6.07, 6.45) is 6.97. The second-order valence-electron chi connectivity index (χ2n) is 5.38. The summed E-state index contributed by atoms with van der Waals surface area (Å²) in [6.45, 7) is 5.44. The van der Waals surface area contributed by atoms with E-state index in [0.717, 1.165) is 25.8 Å². The maximum absolute atomic E-state index is 6.63. The Morgan fingerprint density at radius 2 is 2.06 bits per heavy atom. The van der Waals surface area contributed by atoms with Crippen LogP contribution in [0.1, 0.15) is 52.4 Å². The molecule has 1 aliphatic carbocycles. The minimum Gasteiger partial charge on any atom is -0.328 e. The molecule has 96 valence electrons. The molecular formula is C13H29N3. The van der Waals surface area contributed by atoms with Crippen molar-refractivity contribution in [2.24, 2.45) is 17.4 Å². The Morgan fingerprint density at radius 3 is 2.62 bits per heavy atom. The SMILES string of the molecule is CCCCC1CC(N)CCC1(N)N(C)CC. The van der Waals surface area contributed by atoms with Gasteiger partial charge in [0.1, 0.15) is 0 Å². The van der Waals surface area contributed by atoms with Crippen LogP contribution in [0.5, 0.6) is 0 Å². The number of nitrogens with two attached hydrogens (primary N) is 2. The first-order chi connectivity index (χ1) is 7.54. The molecule has 4 N–H and O–H groups in total. The summed E-state index contributed by atoms with van der Waals surface area (Å²) in [7, 11) is 2.15. The minimum atomic E-state index is -0.111. The molecular weight excluding hydrogens is 198 g/mol. The largest absolute Gasteiger partial charge is 0.328 e. The van der Waals surface area contributed by atoms with Crippen LogP contribution in [0.2, 0.25) is 0 Å². The summed E-state index contributed by atoms with van der Waals surface area (Å²) >= 11 is 0. The van der Waals surface area contributed by atoms with Crippen molar-refractivity contribution < 1.29 is 0 Å². The Labute approximate surface area is 101 Å². The van der Waals surface area contributed by atoms with Gasteiger partial charge in [-0.25, -0.2) is 0 Å². The fourth-order valence-electron chi connectivity index (χ4n) is 2.92. The number of hydrogen-bond acceptors (Lipinski definition) is 3. The average Bonchev–Trinajstić information content (AvgIpc) is 2.29. The third-order valence-corrected chi connectivity index (χ3v) is 4.30. The molecule has 0 aromatic carbocycles. The van der Waals surface area contributed by atoms with E-state index in [9.17, 15) is 0 Å². The summed E-state index contributed by atoms with van der Waals surface area (Å²) in [6, 6.07) is 0.365. The highest BCUT2D eigenvalue weighted by Gasteiger charge is 2.41. The van der Waals surface area contributed by atoms with Gasteiger partial charge in [-0.2, -0.15) is 0 Å². The molecule has 0 aromatic rings. The molecule has 1 fully saturated rings. The predicted molar refractivity (Wildman–Crippen MR) is 70.1 cm³/mol. The monoisotopic (exact) mass is 227 g/mol. The van der Waals surface area contributed by atoms with Crippen molar-refractivity contribution in [3.8, 4) is 0 Å². The third-order valence-electron chi connectivity index (χ3n) is 4.30. The Kier molecular flexibility index (Phi) is 5.22. The third kappa shape index (κ3) is 2.96. The summed E-state index contributed by atoms with van der Waals surface area (Å²) in [4.78, 5) is 2.32. The van der Waals surface area contributed by atoms with Crippen molar-refractivity contribution in [1.29, 1.82) is 0 Å². The van der Waals surface area contributed by atoms with Gasteiger partial charge in [-0.05, 0) is 45.2 Å². The first kappa shape index (κ1) is 13.9. The van der Waals surface area contributed by atoms with Crippen LogP contribution in [0.3, 0.4) is 0 Å². The maximum atomic E-state index is 6.63. The Morgan fingerprint density at radius 1 is 1.38 bits per heavy atom. The van der Waals surface area contributed by atoms with Gasteiger partial charge in [-0.15, -0.1) is 0 Å². The summed E-state index contributed by atoms with van der Waals surface area (Å²) in [5.74, 6) is 0.571. The number of unbranched alkanes of at least 4 members (excludes halogenated alkanes) is 1. The lowest BCUT2D eigenvalue weighted by atomic mass is 9.74. The fraction of sp³-hybridized carbons (Fsp3) is 1.00.